The Bertz CT molecular complexity index is 957. The van der Waals surface area contributed by atoms with E-state index in [-0.39, 0.29) is 0 Å². The molecule has 0 saturated carbocycles. The molecule has 0 spiro atoms. The molecule has 28 heavy (non-hydrogen) atoms. The van der Waals surface area contributed by atoms with Gasteiger partial charge in [-0.05, 0) is 36.0 Å². The Hall–Kier alpha value is -2.93. The van der Waals surface area contributed by atoms with E-state index in [4.69, 9.17) is 17.0 Å². The summed E-state index contributed by atoms with van der Waals surface area (Å²) in [6, 6.07) is 16.2. The summed E-state index contributed by atoms with van der Waals surface area (Å²) in [7, 11) is 1.67. The largest absolute Gasteiger partial charge is 0.497 e. The third-order valence-electron chi connectivity index (χ3n) is 4.97. The van der Waals surface area contributed by atoms with Crippen molar-refractivity contribution in [3.05, 3.63) is 60.4 Å². The number of nitrogens with one attached hydrogen (secondary N) is 1. The molecule has 6 nitrogen and oxygen atoms in total. The van der Waals surface area contributed by atoms with Crippen LogP contribution in [0, 0.1) is 0 Å². The van der Waals surface area contributed by atoms with Gasteiger partial charge in [0.1, 0.15) is 17.9 Å². The zero-order chi connectivity index (χ0) is 19.3. The van der Waals surface area contributed by atoms with Crippen molar-refractivity contribution >= 4 is 34.1 Å². The molecule has 3 aromatic rings. The minimum atomic E-state index is 0.746. The fourth-order valence-electron chi connectivity index (χ4n) is 3.41. The van der Waals surface area contributed by atoms with Crippen LogP contribution in [0.3, 0.4) is 0 Å². The van der Waals surface area contributed by atoms with E-state index in [0.717, 1.165) is 60.3 Å². The fourth-order valence-corrected chi connectivity index (χ4v) is 3.66. The van der Waals surface area contributed by atoms with Gasteiger partial charge in [-0.25, -0.2) is 9.97 Å². The molecule has 0 unspecified atom stereocenters. The molecule has 1 N–H and O–H groups in total. The molecule has 4 rings (SSSR count). The number of benzene rings is 2. The highest BCUT2D eigenvalue weighted by Gasteiger charge is 2.21. The first-order chi connectivity index (χ1) is 13.7. The van der Waals surface area contributed by atoms with Gasteiger partial charge in [-0.15, -0.1) is 0 Å². The van der Waals surface area contributed by atoms with E-state index in [1.165, 1.54) is 5.56 Å². The van der Waals surface area contributed by atoms with Crippen LogP contribution in [0.1, 0.15) is 5.56 Å². The van der Waals surface area contributed by atoms with Gasteiger partial charge in [0.2, 0.25) is 0 Å². The number of hydrogen-bond donors (Lipinski definition) is 1. The van der Waals surface area contributed by atoms with E-state index < -0.39 is 0 Å². The molecule has 0 aliphatic carbocycles. The van der Waals surface area contributed by atoms with Crippen LogP contribution in [-0.4, -0.2) is 53.3 Å². The molecule has 0 radical (unpaired) electrons. The van der Waals surface area contributed by atoms with Gasteiger partial charge in [0, 0.05) is 38.1 Å². The second-order valence-electron chi connectivity index (χ2n) is 6.70. The number of aromatic nitrogens is 2. The summed E-state index contributed by atoms with van der Waals surface area (Å²) in [6.45, 7) is 4.18. The van der Waals surface area contributed by atoms with Crippen molar-refractivity contribution in [3.8, 4) is 5.75 Å². The molecule has 0 amide bonds. The second-order valence-corrected chi connectivity index (χ2v) is 7.09. The smallest absolute Gasteiger partial charge is 0.169 e. The van der Waals surface area contributed by atoms with Crippen LogP contribution in [0.5, 0.6) is 5.75 Å². The van der Waals surface area contributed by atoms with Crippen molar-refractivity contribution in [3.63, 3.8) is 0 Å². The molecule has 144 valence electrons. The third-order valence-corrected chi connectivity index (χ3v) is 5.38. The molecular formula is C21H23N5OS. The number of nitrogens with zero attached hydrogens (tertiary/aromatic N) is 4. The average Bonchev–Trinajstić information content (AvgIpc) is 2.77. The topological polar surface area (TPSA) is 53.5 Å². The van der Waals surface area contributed by atoms with Crippen LogP contribution >= 0.6 is 12.2 Å². The Morgan fingerprint density at radius 1 is 1.07 bits per heavy atom. The number of ether oxygens (including phenoxy) is 1. The standard InChI is InChI=1S/C21H23N5OS/c1-27-17-7-8-19-18(13-17)20(24-15-23-19)25-9-11-26(12-10-25)21(28)22-14-16-5-3-2-4-6-16/h2-8,13,15H,9-12,14H2,1H3,(H,22,28). The van der Waals surface area contributed by atoms with Crippen molar-refractivity contribution in [2.75, 3.05) is 38.2 Å². The lowest BCUT2D eigenvalue weighted by atomic mass is 10.2. The highest BCUT2D eigenvalue weighted by atomic mass is 32.1. The maximum absolute atomic E-state index is 5.59. The summed E-state index contributed by atoms with van der Waals surface area (Å²) in [5.74, 6) is 1.76. The predicted octanol–water partition coefficient (Wildman–Crippen LogP) is 2.84. The van der Waals surface area contributed by atoms with Crippen LogP contribution in [0.15, 0.2) is 54.9 Å². The Labute approximate surface area is 170 Å². The third kappa shape index (κ3) is 3.99. The van der Waals surface area contributed by atoms with E-state index in [2.05, 4.69) is 37.2 Å². The maximum atomic E-state index is 5.59. The van der Waals surface area contributed by atoms with Crippen LogP contribution < -0.4 is 15.0 Å². The van der Waals surface area contributed by atoms with E-state index in [1.807, 2.05) is 36.4 Å². The van der Waals surface area contributed by atoms with Gasteiger partial charge in [-0.1, -0.05) is 30.3 Å². The van der Waals surface area contributed by atoms with E-state index in [0.29, 0.717) is 0 Å². The minimum Gasteiger partial charge on any atom is -0.497 e. The second kappa shape index (κ2) is 8.39. The maximum Gasteiger partial charge on any atom is 0.169 e. The fraction of sp³-hybridized carbons (Fsp3) is 0.286. The monoisotopic (exact) mass is 393 g/mol. The van der Waals surface area contributed by atoms with Crippen molar-refractivity contribution in [2.45, 2.75) is 6.54 Å². The summed E-state index contributed by atoms with van der Waals surface area (Å²) in [4.78, 5) is 13.4. The summed E-state index contributed by atoms with van der Waals surface area (Å²) < 4.78 is 5.37. The van der Waals surface area contributed by atoms with Crippen molar-refractivity contribution < 1.29 is 4.74 Å². The van der Waals surface area contributed by atoms with Crippen LogP contribution in [-0.2, 0) is 6.54 Å². The van der Waals surface area contributed by atoms with E-state index in [1.54, 1.807) is 13.4 Å². The van der Waals surface area contributed by atoms with E-state index in [9.17, 15) is 0 Å². The first-order valence-electron chi connectivity index (χ1n) is 9.35. The molecule has 0 atom stereocenters. The average molecular weight is 394 g/mol. The number of anilines is 1. The Morgan fingerprint density at radius 3 is 2.61 bits per heavy atom. The number of fused-ring (bicyclic) bond motifs is 1. The number of piperazine rings is 1. The molecule has 1 aromatic heterocycles. The zero-order valence-corrected chi connectivity index (χ0v) is 16.7. The molecule has 1 aliphatic heterocycles. The van der Waals surface area contributed by atoms with Gasteiger partial charge in [-0.3, -0.25) is 0 Å². The van der Waals surface area contributed by atoms with Crippen molar-refractivity contribution in [1.82, 2.24) is 20.2 Å². The number of hydrogen-bond acceptors (Lipinski definition) is 5. The molecule has 7 heteroatoms. The van der Waals surface area contributed by atoms with Crippen molar-refractivity contribution in [1.29, 1.82) is 0 Å². The normalized spacial score (nSPS) is 14.2. The Balaban J connectivity index is 1.40. The Kier molecular flexibility index (Phi) is 5.53. The number of rotatable bonds is 4. The summed E-state index contributed by atoms with van der Waals surface area (Å²) >= 11 is 5.59. The molecule has 2 heterocycles. The van der Waals surface area contributed by atoms with Crippen LogP contribution in [0.4, 0.5) is 5.82 Å². The lowest BCUT2D eigenvalue weighted by molar-refractivity contribution is 0.379. The molecule has 0 bridgehead atoms. The summed E-state index contributed by atoms with van der Waals surface area (Å²) in [5.41, 5.74) is 2.15. The van der Waals surface area contributed by atoms with Gasteiger partial charge in [0.05, 0.1) is 12.6 Å². The first kappa shape index (κ1) is 18.4. The number of thiocarbonyl (C=S) groups is 1. The van der Waals surface area contributed by atoms with E-state index >= 15 is 0 Å². The van der Waals surface area contributed by atoms with Gasteiger partial charge >= 0.3 is 0 Å². The molecule has 2 aromatic carbocycles. The lowest BCUT2D eigenvalue weighted by Crippen LogP contribution is -2.51. The molecular weight excluding hydrogens is 370 g/mol. The SMILES string of the molecule is COc1ccc2ncnc(N3CCN(C(=S)NCc4ccccc4)CC3)c2c1. The van der Waals surface area contributed by atoms with Gasteiger partial charge in [0.15, 0.2) is 5.11 Å². The molecule has 1 fully saturated rings. The summed E-state index contributed by atoms with van der Waals surface area (Å²) in [6.07, 6.45) is 1.63. The van der Waals surface area contributed by atoms with Crippen LogP contribution in [0.2, 0.25) is 0 Å². The Morgan fingerprint density at radius 2 is 1.86 bits per heavy atom. The quantitative estimate of drug-likeness (QED) is 0.684. The highest BCUT2D eigenvalue weighted by Crippen LogP contribution is 2.27. The van der Waals surface area contributed by atoms with Crippen LogP contribution in [0.25, 0.3) is 10.9 Å². The van der Waals surface area contributed by atoms with Crippen molar-refractivity contribution in [2.24, 2.45) is 0 Å². The molecule has 1 aliphatic rings. The first-order valence-corrected chi connectivity index (χ1v) is 9.76. The van der Waals surface area contributed by atoms with Gasteiger partial charge in [-0.2, -0.15) is 0 Å². The zero-order valence-electron chi connectivity index (χ0n) is 15.8. The summed E-state index contributed by atoms with van der Waals surface area (Å²) in [5, 5.41) is 5.18. The minimum absolute atomic E-state index is 0.746. The predicted molar refractivity (Wildman–Crippen MR) is 116 cm³/mol. The molecule has 1 saturated heterocycles. The highest BCUT2D eigenvalue weighted by molar-refractivity contribution is 7.80. The van der Waals surface area contributed by atoms with Gasteiger partial charge in [0.25, 0.3) is 0 Å². The lowest BCUT2D eigenvalue weighted by Gasteiger charge is -2.37. The number of methoxy groups -OCH3 is 1. The van der Waals surface area contributed by atoms with Gasteiger partial charge < -0.3 is 19.9 Å².